The monoisotopic (exact) mass is 260 g/mol. The molecule has 18 heavy (non-hydrogen) atoms. The van der Waals surface area contributed by atoms with Crippen LogP contribution in [0.4, 0.5) is 8.78 Å². The first-order valence-electron chi connectivity index (χ1n) is 5.15. The Kier molecular flexibility index (Phi) is 4.96. The Balaban J connectivity index is 3.26. The standard InChI is InChI=1S/C11H14F2N2O3/c1-17-9(16)4-6-3-7(11(12)13)15-8(5-14)10(6)18-2/h3,11H,4-5,14H2,1-2H3. The van der Waals surface area contributed by atoms with E-state index in [0.29, 0.717) is 0 Å². The predicted octanol–water partition coefficient (Wildman–Crippen LogP) is 1.20. The van der Waals surface area contributed by atoms with E-state index < -0.39 is 18.1 Å². The number of carbonyl (C=O) groups excluding carboxylic acids is 1. The zero-order valence-electron chi connectivity index (χ0n) is 10.1. The lowest BCUT2D eigenvalue weighted by Gasteiger charge is -2.13. The maximum absolute atomic E-state index is 12.7. The van der Waals surface area contributed by atoms with E-state index >= 15 is 0 Å². The molecule has 0 radical (unpaired) electrons. The van der Waals surface area contributed by atoms with Crippen molar-refractivity contribution < 1.29 is 23.0 Å². The number of hydrogen-bond acceptors (Lipinski definition) is 5. The second-order valence-corrected chi connectivity index (χ2v) is 3.44. The third-order valence-electron chi connectivity index (χ3n) is 2.32. The van der Waals surface area contributed by atoms with Crippen LogP contribution in [0.25, 0.3) is 0 Å². The number of nitrogens with two attached hydrogens (primary N) is 1. The average Bonchev–Trinajstić information content (AvgIpc) is 2.37. The van der Waals surface area contributed by atoms with E-state index in [-0.39, 0.29) is 30.0 Å². The van der Waals surface area contributed by atoms with Gasteiger partial charge < -0.3 is 15.2 Å². The fourth-order valence-corrected chi connectivity index (χ4v) is 1.53. The maximum atomic E-state index is 12.7. The van der Waals surface area contributed by atoms with Gasteiger partial charge in [0.15, 0.2) is 0 Å². The quantitative estimate of drug-likeness (QED) is 0.805. The number of ether oxygens (including phenoxy) is 2. The first kappa shape index (κ1) is 14.3. The highest BCUT2D eigenvalue weighted by molar-refractivity contribution is 5.73. The average molecular weight is 260 g/mol. The first-order valence-corrected chi connectivity index (χ1v) is 5.15. The Morgan fingerprint density at radius 1 is 1.50 bits per heavy atom. The molecule has 1 rings (SSSR count). The first-order chi connectivity index (χ1) is 8.53. The SMILES string of the molecule is COC(=O)Cc1cc(C(F)F)nc(CN)c1OC. The summed E-state index contributed by atoms with van der Waals surface area (Å²) in [6.07, 6.45) is -2.91. The van der Waals surface area contributed by atoms with Crippen LogP contribution in [0.5, 0.6) is 5.75 Å². The van der Waals surface area contributed by atoms with E-state index in [1.54, 1.807) is 0 Å². The third-order valence-corrected chi connectivity index (χ3v) is 2.32. The Morgan fingerprint density at radius 2 is 2.17 bits per heavy atom. The minimum atomic E-state index is -2.74. The van der Waals surface area contributed by atoms with E-state index in [2.05, 4.69) is 9.72 Å². The summed E-state index contributed by atoms with van der Waals surface area (Å²) in [6, 6.07) is 1.12. The number of methoxy groups -OCH3 is 2. The lowest BCUT2D eigenvalue weighted by molar-refractivity contribution is -0.139. The fraction of sp³-hybridized carbons (Fsp3) is 0.455. The van der Waals surface area contributed by atoms with Crippen molar-refractivity contribution in [2.75, 3.05) is 14.2 Å². The van der Waals surface area contributed by atoms with Crippen molar-refractivity contribution >= 4 is 5.97 Å². The van der Waals surface area contributed by atoms with Gasteiger partial charge in [0.25, 0.3) is 6.43 Å². The van der Waals surface area contributed by atoms with Crippen molar-refractivity contribution in [2.24, 2.45) is 5.73 Å². The largest absolute Gasteiger partial charge is 0.494 e. The van der Waals surface area contributed by atoms with Crippen LogP contribution in [0.3, 0.4) is 0 Å². The number of carbonyl (C=O) groups is 1. The molecule has 0 aromatic carbocycles. The van der Waals surface area contributed by atoms with Gasteiger partial charge in [-0.3, -0.25) is 4.79 Å². The van der Waals surface area contributed by atoms with Crippen molar-refractivity contribution in [3.8, 4) is 5.75 Å². The van der Waals surface area contributed by atoms with Gasteiger partial charge >= 0.3 is 5.97 Å². The van der Waals surface area contributed by atoms with Crippen LogP contribution >= 0.6 is 0 Å². The molecule has 0 amide bonds. The van der Waals surface area contributed by atoms with E-state index in [1.807, 2.05) is 0 Å². The number of hydrogen-bond donors (Lipinski definition) is 1. The summed E-state index contributed by atoms with van der Waals surface area (Å²) in [5.41, 5.74) is 5.47. The molecule has 0 unspecified atom stereocenters. The number of pyridine rings is 1. The summed E-state index contributed by atoms with van der Waals surface area (Å²) < 4.78 is 34.9. The molecule has 0 aliphatic carbocycles. The molecule has 1 aromatic rings. The van der Waals surface area contributed by atoms with E-state index in [9.17, 15) is 13.6 Å². The van der Waals surface area contributed by atoms with Crippen LogP contribution in [0.1, 0.15) is 23.4 Å². The second kappa shape index (κ2) is 6.25. The predicted molar refractivity (Wildman–Crippen MR) is 59.4 cm³/mol. The summed E-state index contributed by atoms with van der Waals surface area (Å²) in [5, 5.41) is 0. The second-order valence-electron chi connectivity index (χ2n) is 3.44. The minimum absolute atomic E-state index is 0.0576. The van der Waals surface area contributed by atoms with Gasteiger partial charge in [-0.1, -0.05) is 0 Å². The Morgan fingerprint density at radius 3 is 2.61 bits per heavy atom. The number of halogens is 2. The smallest absolute Gasteiger partial charge is 0.310 e. The van der Waals surface area contributed by atoms with Crippen molar-refractivity contribution in [3.05, 3.63) is 23.0 Å². The molecular weight excluding hydrogens is 246 g/mol. The summed E-state index contributed by atoms with van der Waals surface area (Å²) in [5.74, 6) is -0.310. The van der Waals surface area contributed by atoms with Gasteiger partial charge in [0, 0.05) is 12.1 Å². The molecule has 0 aliphatic heterocycles. The number of rotatable bonds is 5. The van der Waals surface area contributed by atoms with Crippen LogP contribution < -0.4 is 10.5 Å². The Bertz CT molecular complexity index is 439. The van der Waals surface area contributed by atoms with E-state index in [1.165, 1.54) is 14.2 Å². The van der Waals surface area contributed by atoms with Gasteiger partial charge in [-0.15, -0.1) is 0 Å². The van der Waals surface area contributed by atoms with Gasteiger partial charge in [-0.25, -0.2) is 13.8 Å². The lowest BCUT2D eigenvalue weighted by atomic mass is 10.1. The molecule has 0 atom stereocenters. The Hall–Kier alpha value is -1.76. The van der Waals surface area contributed by atoms with Gasteiger partial charge in [-0.05, 0) is 6.07 Å². The number of esters is 1. The molecule has 0 spiro atoms. The van der Waals surface area contributed by atoms with Crippen molar-refractivity contribution in [3.63, 3.8) is 0 Å². The fourth-order valence-electron chi connectivity index (χ4n) is 1.53. The topological polar surface area (TPSA) is 74.4 Å². The highest BCUT2D eigenvalue weighted by Crippen LogP contribution is 2.28. The molecular formula is C11H14F2N2O3. The van der Waals surface area contributed by atoms with Gasteiger partial charge in [0.2, 0.25) is 0 Å². The van der Waals surface area contributed by atoms with Crippen LogP contribution in [-0.4, -0.2) is 25.2 Å². The van der Waals surface area contributed by atoms with Crippen molar-refractivity contribution in [1.82, 2.24) is 4.98 Å². The molecule has 7 heteroatoms. The third kappa shape index (κ3) is 3.13. The van der Waals surface area contributed by atoms with Crippen molar-refractivity contribution in [1.29, 1.82) is 0 Å². The molecule has 5 nitrogen and oxygen atoms in total. The normalized spacial score (nSPS) is 10.6. The van der Waals surface area contributed by atoms with Gasteiger partial charge in [-0.2, -0.15) is 0 Å². The molecule has 0 fully saturated rings. The highest BCUT2D eigenvalue weighted by atomic mass is 19.3. The molecule has 100 valence electrons. The van der Waals surface area contributed by atoms with Crippen molar-refractivity contribution in [2.45, 2.75) is 19.4 Å². The van der Waals surface area contributed by atoms with Gasteiger partial charge in [0.1, 0.15) is 11.4 Å². The molecule has 0 saturated carbocycles. The zero-order valence-corrected chi connectivity index (χ0v) is 10.1. The summed E-state index contributed by atoms with van der Waals surface area (Å²) >= 11 is 0. The molecule has 1 heterocycles. The summed E-state index contributed by atoms with van der Waals surface area (Å²) in [7, 11) is 2.58. The molecule has 0 aliphatic rings. The number of aromatic nitrogens is 1. The highest BCUT2D eigenvalue weighted by Gasteiger charge is 2.19. The van der Waals surface area contributed by atoms with E-state index in [0.717, 1.165) is 6.07 Å². The minimum Gasteiger partial charge on any atom is -0.494 e. The molecule has 0 bridgehead atoms. The van der Waals surface area contributed by atoms with Crippen LogP contribution in [-0.2, 0) is 22.5 Å². The lowest BCUT2D eigenvalue weighted by Crippen LogP contribution is -2.12. The van der Waals surface area contributed by atoms with Crippen LogP contribution in [0, 0.1) is 0 Å². The van der Waals surface area contributed by atoms with Crippen LogP contribution in [0.15, 0.2) is 6.07 Å². The molecule has 0 saturated heterocycles. The number of alkyl halides is 2. The van der Waals surface area contributed by atoms with Gasteiger partial charge in [0.05, 0.1) is 26.3 Å². The Labute approximate surface area is 103 Å². The molecule has 2 N–H and O–H groups in total. The zero-order chi connectivity index (χ0) is 13.7. The molecule has 1 aromatic heterocycles. The summed E-state index contributed by atoms with van der Waals surface area (Å²) in [4.78, 5) is 14.9. The van der Waals surface area contributed by atoms with E-state index in [4.69, 9.17) is 10.5 Å². The summed E-state index contributed by atoms with van der Waals surface area (Å²) in [6.45, 7) is -0.0576. The number of nitrogens with zero attached hydrogens (tertiary/aromatic N) is 1. The van der Waals surface area contributed by atoms with Crippen LogP contribution in [0.2, 0.25) is 0 Å². The maximum Gasteiger partial charge on any atom is 0.310 e.